The zero-order chi connectivity index (χ0) is 41.7. The second kappa shape index (κ2) is 15.2. The fraction of sp³-hybridized carbons (Fsp3) is 0. The number of fused-ring (bicyclic) bond motifs is 7. The molecule has 0 aliphatic carbocycles. The predicted molar refractivity (Wildman–Crippen MR) is 259 cm³/mol. The van der Waals surface area contributed by atoms with Gasteiger partial charge in [-0.05, 0) is 138 Å². The zero-order valence-corrected chi connectivity index (χ0v) is 34.1. The van der Waals surface area contributed by atoms with Crippen LogP contribution in [0.5, 0.6) is 0 Å². The third-order valence-corrected chi connectivity index (χ3v) is 11.8. The van der Waals surface area contributed by atoms with Crippen LogP contribution in [0.25, 0.3) is 77.7 Å². The van der Waals surface area contributed by atoms with Crippen LogP contribution in [0.2, 0.25) is 0 Å². The van der Waals surface area contributed by atoms with E-state index < -0.39 is 0 Å². The van der Waals surface area contributed by atoms with Crippen LogP contribution in [0.1, 0.15) is 0 Å². The van der Waals surface area contributed by atoms with Crippen LogP contribution in [-0.2, 0) is 0 Å². The first kappa shape index (κ1) is 36.3. The Balaban J connectivity index is 0.964. The summed E-state index contributed by atoms with van der Waals surface area (Å²) in [6, 6.07) is 80.0. The lowest BCUT2D eigenvalue weighted by atomic mass is 10.00. The van der Waals surface area contributed by atoms with E-state index in [0.717, 1.165) is 106 Å². The molecule has 0 bridgehead atoms. The Kier molecular flexibility index (Phi) is 8.75. The van der Waals surface area contributed by atoms with E-state index in [9.17, 15) is 0 Å². The Morgan fingerprint density at radius 2 is 0.587 bits per heavy atom. The smallest absolute Gasteiger partial charge is 0.178 e. The molecule has 0 saturated heterocycles. The number of nitrogens with zero attached hydrogens (tertiary/aromatic N) is 2. The van der Waals surface area contributed by atoms with Crippen molar-refractivity contribution < 1.29 is 13.3 Å². The largest absolute Gasteiger partial charge is 0.456 e. The molecule has 12 rings (SSSR count). The number of para-hydroxylation sites is 4. The molecule has 5 heteroatoms. The molecule has 0 atom stereocenters. The molecule has 0 aliphatic heterocycles. The molecule has 9 aromatic carbocycles. The van der Waals surface area contributed by atoms with Gasteiger partial charge in [-0.3, -0.25) is 0 Å². The summed E-state index contributed by atoms with van der Waals surface area (Å²) < 4.78 is 20.3. The Bertz CT molecular complexity index is 3440. The maximum absolute atomic E-state index is 6.83. The Morgan fingerprint density at radius 1 is 0.254 bits per heavy atom. The van der Waals surface area contributed by atoms with Crippen LogP contribution in [0.15, 0.2) is 244 Å². The Hall–Kier alpha value is -8.54. The van der Waals surface area contributed by atoms with Gasteiger partial charge < -0.3 is 23.1 Å². The number of hydrogen-bond donors (Lipinski definition) is 0. The number of rotatable bonds is 9. The molecule has 298 valence electrons. The summed E-state index contributed by atoms with van der Waals surface area (Å²) in [4.78, 5) is 4.52. The highest BCUT2D eigenvalue weighted by Gasteiger charge is 2.22. The average molecular weight is 811 g/mol. The minimum atomic E-state index is 0.706. The van der Waals surface area contributed by atoms with Crippen LogP contribution >= 0.6 is 0 Å². The topological polar surface area (TPSA) is 45.9 Å². The third kappa shape index (κ3) is 6.51. The molecule has 0 saturated carbocycles. The van der Waals surface area contributed by atoms with E-state index in [1.165, 1.54) is 0 Å². The lowest BCUT2D eigenvalue weighted by molar-refractivity contribution is 0.598. The van der Waals surface area contributed by atoms with Gasteiger partial charge in [-0.25, -0.2) is 0 Å². The normalized spacial score (nSPS) is 11.5. The summed E-state index contributed by atoms with van der Waals surface area (Å²) in [6.07, 6.45) is 0. The molecule has 3 heterocycles. The quantitative estimate of drug-likeness (QED) is 0.145. The van der Waals surface area contributed by atoms with Crippen molar-refractivity contribution in [2.24, 2.45) is 0 Å². The van der Waals surface area contributed by atoms with E-state index in [4.69, 9.17) is 13.3 Å². The molecule has 5 nitrogen and oxygen atoms in total. The van der Waals surface area contributed by atoms with Gasteiger partial charge in [0.05, 0.1) is 0 Å². The molecule has 12 aromatic rings. The van der Waals surface area contributed by atoms with Gasteiger partial charge in [0.1, 0.15) is 22.9 Å². The van der Waals surface area contributed by atoms with Crippen molar-refractivity contribution in [2.45, 2.75) is 0 Å². The highest BCUT2D eigenvalue weighted by atomic mass is 16.4. The number of furan rings is 3. The van der Waals surface area contributed by atoms with Gasteiger partial charge in [-0.15, -0.1) is 0 Å². The van der Waals surface area contributed by atoms with E-state index in [0.29, 0.717) is 5.58 Å². The van der Waals surface area contributed by atoms with Crippen molar-refractivity contribution in [1.29, 1.82) is 0 Å². The maximum atomic E-state index is 6.83. The van der Waals surface area contributed by atoms with Gasteiger partial charge >= 0.3 is 0 Å². The van der Waals surface area contributed by atoms with Gasteiger partial charge in [-0.2, -0.15) is 0 Å². The van der Waals surface area contributed by atoms with Crippen molar-refractivity contribution in [3.8, 4) is 34.0 Å². The van der Waals surface area contributed by atoms with Gasteiger partial charge in [0.2, 0.25) is 0 Å². The highest BCUT2D eigenvalue weighted by Crippen LogP contribution is 2.45. The first-order chi connectivity index (χ1) is 31.2. The molecule has 63 heavy (non-hydrogen) atoms. The summed E-state index contributed by atoms with van der Waals surface area (Å²) in [5.74, 6) is 2.35. The van der Waals surface area contributed by atoms with E-state index in [2.05, 4.69) is 198 Å². The Morgan fingerprint density at radius 3 is 1.00 bits per heavy atom. The van der Waals surface area contributed by atoms with Crippen molar-refractivity contribution in [2.75, 3.05) is 9.80 Å². The maximum Gasteiger partial charge on any atom is 0.178 e. The molecule has 3 aromatic heterocycles. The number of benzene rings is 9. The van der Waals surface area contributed by atoms with E-state index >= 15 is 0 Å². The molecule has 0 fully saturated rings. The van der Waals surface area contributed by atoms with Crippen molar-refractivity contribution >= 4 is 77.8 Å². The van der Waals surface area contributed by atoms with Crippen LogP contribution in [0.4, 0.5) is 34.1 Å². The average Bonchev–Trinajstić information content (AvgIpc) is 4.12. The van der Waals surface area contributed by atoms with E-state index in [-0.39, 0.29) is 0 Å². The van der Waals surface area contributed by atoms with Crippen LogP contribution in [0.3, 0.4) is 0 Å². The molecule has 0 radical (unpaired) electrons. The molecule has 0 amide bonds. The fourth-order valence-electron chi connectivity index (χ4n) is 8.83. The van der Waals surface area contributed by atoms with Crippen LogP contribution in [0, 0.1) is 0 Å². The lowest BCUT2D eigenvalue weighted by Gasteiger charge is -2.25. The Labute approximate surface area is 363 Å². The summed E-state index contributed by atoms with van der Waals surface area (Å²) in [5.41, 5.74) is 11.7. The molecular formula is C58H38N2O3. The summed E-state index contributed by atoms with van der Waals surface area (Å²) >= 11 is 0. The van der Waals surface area contributed by atoms with Crippen molar-refractivity contribution in [3.63, 3.8) is 0 Å². The number of anilines is 6. The summed E-state index contributed by atoms with van der Waals surface area (Å²) in [7, 11) is 0. The molecule has 0 aliphatic rings. The minimum absolute atomic E-state index is 0.706. The van der Waals surface area contributed by atoms with Crippen molar-refractivity contribution in [1.82, 2.24) is 0 Å². The molecular weight excluding hydrogens is 773 g/mol. The summed E-state index contributed by atoms with van der Waals surface area (Å²) in [6.45, 7) is 0. The molecule has 0 unspecified atom stereocenters. The van der Waals surface area contributed by atoms with Gasteiger partial charge in [0.25, 0.3) is 0 Å². The van der Waals surface area contributed by atoms with Crippen LogP contribution in [-0.4, -0.2) is 0 Å². The fourth-order valence-corrected chi connectivity index (χ4v) is 8.83. The highest BCUT2D eigenvalue weighted by molar-refractivity contribution is 6.25. The zero-order valence-electron chi connectivity index (χ0n) is 34.1. The monoisotopic (exact) mass is 810 g/mol. The first-order valence-corrected chi connectivity index (χ1v) is 21.1. The third-order valence-electron chi connectivity index (χ3n) is 11.8. The standard InChI is InChI=1S/C58H38N2O3/c1-6-16-39(17-7-1)54-37-51-49-34-42-35-53(40-26-30-47(31-27-40)59(43-18-8-2-9-19-43)44-20-10-3-11-21-44)61-56(42)36-50(49)52-38-55(63-58(52)57(51)62-54)41-28-32-48(33-29-41)60(45-22-12-4-13-23-45)46-24-14-5-15-25-46/h1-38H. The second-order valence-electron chi connectivity index (χ2n) is 15.7. The summed E-state index contributed by atoms with van der Waals surface area (Å²) in [5, 5.41) is 5.08. The first-order valence-electron chi connectivity index (χ1n) is 21.1. The molecule has 0 spiro atoms. The van der Waals surface area contributed by atoms with E-state index in [1.54, 1.807) is 0 Å². The van der Waals surface area contributed by atoms with Crippen molar-refractivity contribution in [3.05, 3.63) is 231 Å². The van der Waals surface area contributed by atoms with Crippen LogP contribution < -0.4 is 9.80 Å². The SMILES string of the molecule is c1ccc(-c2cc3c4cc5cc(-c6ccc(N(c7ccccc7)c7ccccc7)cc6)oc5cc4c4cc(-c5ccc(N(c6ccccc6)c6ccccc6)cc5)oc4c3o2)cc1. The van der Waals surface area contributed by atoms with Gasteiger partial charge in [0, 0.05) is 67.0 Å². The number of hydrogen-bond acceptors (Lipinski definition) is 5. The minimum Gasteiger partial charge on any atom is -0.456 e. The predicted octanol–water partition coefficient (Wildman–Crippen LogP) is 17.0. The molecule has 0 N–H and O–H groups in total. The van der Waals surface area contributed by atoms with Gasteiger partial charge in [0.15, 0.2) is 11.2 Å². The van der Waals surface area contributed by atoms with Gasteiger partial charge in [-0.1, -0.05) is 103 Å². The lowest BCUT2D eigenvalue weighted by Crippen LogP contribution is -2.09. The van der Waals surface area contributed by atoms with E-state index in [1.807, 2.05) is 42.5 Å². The second-order valence-corrected chi connectivity index (χ2v) is 15.7.